The van der Waals surface area contributed by atoms with E-state index in [9.17, 15) is 14.0 Å². The third-order valence-electron chi connectivity index (χ3n) is 7.35. The number of hydrazone groups is 1. The molecule has 1 aromatic heterocycles. The molecule has 0 unspecified atom stereocenters. The van der Waals surface area contributed by atoms with Crippen molar-refractivity contribution in [3.05, 3.63) is 87.0 Å². The maximum Gasteiger partial charge on any atom is 0.274 e. The van der Waals surface area contributed by atoms with E-state index in [0.717, 1.165) is 74.4 Å². The number of carbonyl (C=O) groups excluding carboxylic acids is 2. The topological polar surface area (TPSA) is 97.3 Å². The van der Waals surface area contributed by atoms with E-state index in [0.29, 0.717) is 28.2 Å². The van der Waals surface area contributed by atoms with Gasteiger partial charge in [-0.1, -0.05) is 24.3 Å². The van der Waals surface area contributed by atoms with Crippen molar-refractivity contribution in [3.63, 3.8) is 0 Å². The Morgan fingerprint density at radius 2 is 1.75 bits per heavy atom. The van der Waals surface area contributed by atoms with Crippen LogP contribution in [0.25, 0.3) is 0 Å². The summed E-state index contributed by atoms with van der Waals surface area (Å²) in [5, 5.41) is 16.8. The third-order valence-corrected chi connectivity index (χ3v) is 8.56. The maximum absolute atomic E-state index is 13.3. The maximum atomic E-state index is 13.3. The number of amides is 2. The second kappa shape index (κ2) is 13.3. The Kier molecular flexibility index (Phi) is 9.33. The zero-order valence-corrected chi connectivity index (χ0v) is 23.2. The molecule has 0 saturated carbocycles. The van der Waals surface area contributed by atoms with Gasteiger partial charge in [-0.3, -0.25) is 19.4 Å². The van der Waals surface area contributed by atoms with Crippen LogP contribution in [0, 0.1) is 5.82 Å². The Morgan fingerprint density at radius 3 is 2.52 bits per heavy atom. The number of carbonyl (C=O) groups is 2. The lowest BCUT2D eigenvalue weighted by molar-refractivity contribution is 0.0955. The molecule has 0 atom stereocenters. The summed E-state index contributed by atoms with van der Waals surface area (Å²) in [6.45, 7) is 5.30. The number of thiophene rings is 1. The molecule has 0 spiro atoms. The lowest BCUT2D eigenvalue weighted by Crippen LogP contribution is -2.46. The van der Waals surface area contributed by atoms with E-state index < -0.39 is 0 Å². The summed E-state index contributed by atoms with van der Waals surface area (Å²) in [6, 6.07) is 13.4. The van der Waals surface area contributed by atoms with Crippen molar-refractivity contribution in [3.8, 4) is 0 Å². The quantitative estimate of drug-likeness (QED) is 0.271. The van der Waals surface area contributed by atoms with Gasteiger partial charge in [-0.25, -0.2) is 9.82 Å². The van der Waals surface area contributed by atoms with Gasteiger partial charge in [0, 0.05) is 49.7 Å². The van der Waals surface area contributed by atoms with Gasteiger partial charge < -0.3 is 10.4 Å². The summed E-state index contributed by atoms with van der Waals surface area (Å²) in [5.74, 6) is -0.965. The van der Waals surface area contributed by atoms with Crippen LogP contribution in [0.15, 0.2) is 53.6 Å². The highest BCUT2D eigenvalue weighted by atomic mass is 32.1. The molecule has 1 saturated heterocycles. The van der Waals surface area contributed by atoms with E-state index >= 15 is 0 Å². The molecule has 2 aliphatic rings. The van der Waals surface area contributed by atoms with Gasteiger partial charge in [0.1, 0.15) is 10.8 Å². The minimum atomic E-state index is -0.373. The van der Waals surface area contributed by atoms with Crippen molar-refractivity contribution in [2.45, 2.75) is 32.2 Å². The molecular formula is C30H34FN5O3S. The first-order chi connectivity index (χ1) is 19.5. The smallest absolute Gasteiger partial charge is 0.274 e. The van der Waals surface area contributed by atoms with Gasteiger partial charge in [0.25, 0.3) is 11.8 Å². The second-order valence-corrected chi connectivity index (χ2v) is 11.3. The Labute approximate surface area is 237 Å². The normalized spacial score (nSPS) is 16.1. The molecule has 0 bridgehead atoms. The lowest BCUT2D eigenvalue weighted by atomic mass is 9.95. The highest BCUT2D eigenvalue weighted by Crippen LogP contribution is 2.38. The average molecular weight is 564 g/mol. The van der Waals surface area contributed by atoms with E-state index in [1.54, 1.807) is 18.2 Å². The van der Waals surface area contributed by atoms with E-state index in [2.05, 4.69) is 25.6 Å². The number of piperazine rings is 1. The second-order valence-electron chi connectivity index (χ2n) is 10.2. The average Bonchev–Trinajstić information content (AvgIpc) is 3.33. The largest absolute Gasteiger partial charge is 0.395 e. The number of aliphatic hydroxyl groups excluding tert-OH is 1. The summed E-state index contributed by atoms with van der Waals surface area (Å²) < 4.78 is 13.2. The summed E-state index contributed by atoms with van der Waals surface area (Å²) in [4.78, 5) is 32.3. The molecule has 1 aliphatic heterocycles. The van der Waals surface area contributed by atoms with Crippen LogP contribution >= 0.6 is 11.3 Å². The zero-order chi connectivity index (χ0) is 27.9. The predicted molar refractivity (Wildman–Crippen MR) is 156 cm³/mol. The van der Waals surface area contributed by atoms with Gasteiger partial charge in [-0.2, -0.15) is 5.10 Å². The Hall–Kier alpha value is -3.44. The number of anilines is 1. The van der Waals surface area contributed by atoms with Crippen molar-refractivity contribution in [1.29, 1.82) is 0 Å². The third kappa shape index (κ3) is 7.00. The fraction of sp³-hybridized carbons (Fsp3) is 0.367. The van der Waals surface area contributed by atoms with Crippen molar-refractivity contribution < 1.29 is 19.1 Å². The summed E-state index contributed by atoms with van der Waals surface area (Å²) in [7, 11) is 0. The van der Waals surface area contributed by atoms with Crippen LogP contribution in [0.3, 0.4) is 0 Å². The number of fused-ring (bicyclic) bond motifs is 1. The fourth-order valence-electron chi connectivity index (χ4n) is 5.22. The highest BCUT2D eigenvalue weighted by molar-refractivity contribution is 7.17. The molecule has 3 aromatic rings. The molecule has 8 nitrogen and oxygen atoms in total. The van der Waals surface area contributed by atoms with Crippen LogP contribution in [0.1, 0.15) is 55.1 Å². The minimum absolute atomic E-state index is 0.178. The van der Waals surface area contributed by atoms with Gasteiger partial charge in [0.05, 0.1) is 18.4 Å². The monoisotopic (exact) mass is 563 g/mol. The SMILES string of the molecule is O=C(Nc1sc2c(c1C(=O)NN=Cc1ccc(F)cc1)CCCC2)c1cccc(CN2CCN(CCO)CC2)c1. The molecule has 0 radical (unpaired) electrons. The number of hydrogen-bond donors (Lipinski definition) is 3. The van der Waals surface area contributed by atoms with E-state index in [4.69, 9.17) is 5.11 Å². The number of nitrogens with one attached hydrogen (secondary N) is 2. The molecule has 2 amide bonds. The van der Waals surface area contributed by atoms with Crippen molar-refractivity contribution in [2.75, 3.05) is 44.6 Å². The molecule has 3 N–H and O–H groups in total. The lowest BCUT2D eigenvalue weighted by Gasteiger charge is -2.34. The van der Waals surface area contributed by atoms with Crippen LogP contribution < -0.4 is 10.7 Å². The standard InChI is InChI=1S/C30H34FN5O3S/c31-24-10-8-21(9-11-24)19-32-34-29(39)27-25-6-1-2-7-26(25)40-30(27)33-28(38)23-5-3-4-22(18-23)20-36-14-12-35(13-15-36)16-17-37/h3-5,8-11,18-19,37H,1-2,6-7,12-17,20H2,(H,33,38)(H,34,39). The number of halogens is 1. The highest BCUT2D eigenvalue weighted by Gasteiger charge is 2.27. The summed E-state index contributed by atoms with van der Waals surface area (Å²) in [6.07, 6.45) is 5.18. The first-order valence-corrected chi connectivity index (χ1v) is 14.5. The number of nitrogens with zero attached hydrogens (tertiary/aromatic N) is 3. The summed E-state index contributed by atoms with van der Waals surface area (Å²) >= 11 is 1.46. The first-order valence-electron chi connectivity index (χ1n) is 13.7. The van der Waals surface area contributed by atoms with Gasteiger partial charge in [0.2, 0.25) is 0 Å². The van der Waals surface area contributed by atoms with Gasteiger partial charge in [0.15, 0.2) is 0 Å². The predicted octanol–water partition coefficient (Wildman–Crippen LogP) is 3.89. The van der Waals surface area contributed by atoms with Crippen LogP contribution in [0.5, 0.6) is 0 Å². The first kappa shape index (κ1) is 28.1. The van der Waals surface area contributed by atoms with E-state index in [1.165, 1.54) is 29.7 Å². The van der Waals surface area contributed by atoms with Crippen molar-refractivity contribution >= 4 is 34.4 Å². The van der Waals surface area contributed by atoms with Crippen molar-refractivity contribution in [1.82, 2.24) is 15.2 Å². The number of aliphatic hydroxyl groups is 1. The van der Waals surface area contributed by atoms with Gasteiger partial charge >= 0.3 is 0 Å². The van der Waals surface area contributed by atoms with Crippen LogP contribution in [0.2, 0.25) is 0 Å². The van der Waals surface area contributed by atoms with E-state index in [-0.39, 0.29) is 24.2 Å². The van der Waals surface area contributed by atoms with Gasteiger partial charge in [-0.15, -0.1) is 11.3 Å². The molecule has 210 valence electrons. The number of rotatable bonds is 9. The fourth-order valence-corrected chi connectivity index (χ4v) is 6.50. The molecule has 40 heavy (non-hydrogen) atoms. The van der Waals surface area contributed by atoms with Gasteiger partial charge in [-0.05, 0) is 66.6 Å². The van der Waals surface area contributed by atoms with Crippen LogP contribution in [-0.4, -0.2) is 72.3 Å². The Bertz CT molecular complexity index is 1370. The molecule has 10 heteroatoms. The Balaban J connectivity index is 1.27. The Morgan fingerprint density at radius 1 is 1.00 bits per heavy atom. The number of hydrogen-bond acceptors (Lipinski definition) is 7. The number of benzene rings is 2. The molecule has 2 heterocycles. The molecule has 1 fully saturated rings. The molecule has 5 rings (SSSR count). The molecular weight excluding hydrogens is 529 g/mol. The summed E-state index contributed by atoms with van der Waals surface area (Å²) in [5.41, 5.74) is 6.31. The minimum Gasteiger partial charge on any atom is -0.395 e. The van der Waals surface area contributed by atoms with Crippen molar-refractivity contribution in [2.24, 2.45) is 5.10 Å². The van der Waals surface area contributed by atoms with Crippen LogP contribution in [-0.2, 0) is 19.4 Å². The number of aryl methyl sites for hydroxylation is 1. The number of β-amino-alcohol motifs (C(OH)–C–C–N with tert-alkyl or cyclic N) is 1. The zero-order valence-electron chi connectivity index (χ0n) is 22.4. The molecule has 2 aromatic carbocycles. The van der Waals surface area contributed by atoms with Crippen LogP contribution in [0.4, 0.5) is 9.39 Å². The van der Waals surface area contributed by atoms with E-state index in [1.807, 2.05) is 18.2 Å². The molecule has 1 aliphatic carbocycles.